The van der Waals surface area contributed by atoms with Crippen molar-refractivity contribution >= 4 is 11.7 Å². The van der Waals surface area contributed by atoms with Crippen LogP contribution in [0.15, 0.2) is 72.3 Å². The third-order valence-corrected chi connectivity index (χ3v) is 6.89. The number of hydrogen-bond acceptors (Lipinski definition) is 6. The minimum atomic E-state index is -0.979. The summed E-state index contributed by atoms with van der Waals surface area (Å²) in [6.07, 6.45) is 18.2. The van der Waals surface area contributed by atoms with Gasteiger partial charge in [0.25, 0.3) is 0 Å². The SMILES string of the molecule is O=C1C=C(O)C=C(OCc2cccnc2)C1N(C(=O)C1CC1)C1=CC=COC1CC1CCCC1. The third kappa shape index (κ3) is 4.93. The molecule has 7 heteroatoms. The van der Waals surface area contributed by atoms with E-state index in [0.29, 0.717) is 11.6 Å². The van der Waals surface area contributed by atoms with E-state index < -0.39 is 6.04 Å². The van der Waals surface area contributed by atoms with E-state index in [1.165, 1.54) is 25.0 Å². The van der Waals surface area contributed by atoms with E-state index >= 15 is 0 Å². The molecule has 5 rings (SSSR count). The van der Waals surface area contributed by atoms with Crippen molar-refractivity contribution in [2.75, 3.05) is 0 Å². The Labute approximate surface area is 199 Å². The van der Waals surface area contributed by atoms with E-state index in [2.05, 4.69) is 4.98 Å². The first-order chi connectivity index (χ1) is 16.6. The summed E-state index contributed by atoms with van der Waals surface area (Å²) in [6.45, 7) is 0.170. The van der Waals surface area contributed by atoms with Gasteiger partial charge < -0.3 is 14.6 Å². The van der Waals surface area contributed by atoms with E-state index in [4.69, 9.17) is 9.47 Å². The van der Waals surface area contributed by atoms with Crippen molar-refractivity contribution in [3.8, 4) is 0 Å². The van der Waals surface area contributed by atoms with E-state index in [1.54, 1.807) is 35.7 Å². The normalized spacial score (nSPS) is 24.7. The van der Waals surface area contributed by atoms with Crippen LogP contribution in [-0.4, -0.2) is 38.8 Å². The van der Waals surface area contributed by atoms with Crippen LogP contribution in [0, 0.1) is 11.8 Å². The Bertz CT molecular complexity index is 1050. The molecule has 1 amide bonds. The number of amides is 1. The van der Waals surface area contributed by atoms with Crippen molar-refractivity contribution < 1.29 is 24.2 Å². The summed E-state index contributed by atoms with van der Waals surface area (Å²) in [7, 11) is 0. The number of rotatable bonds is 8. The van der Waals surface area contributed by atoms with E-state index in [0.717, 1.165) is 37.7 Å². The molecule has 0 saturated heterocycles. The molecule has 2 atom stereocenters. The van der Waals surface area contributed by atoms with Gasteiger partial charge in [-0.1, -0.05) is 31.7 Å². The average Bonchev–Trinajstić information content (AvgIpc) is 3.57. The van der Waals surface area contributed by atoms with E-state index in [-0.39, 0.29) is 41.8 Å². The second kappa shape index (κ2) is 9.87. The number of nitrogens with zero attached hydrogens (tertiary/aromatic N) is 2. The van der Waals surface area contributed by atoms with Crippen LogP contribution in [0.4, 0.5) is 0 Å². The van der Waals surface area contributed by atoms with Gasteiger partial charge in [-0.05, 0) is 43.4 Å². The number of aliphatic hydroxyl groups is 1. The van der Waals surface area contributed by atoms with Gasteiger partial charge >= 0.3 is 0 Å². The first kappa shape index (κ1) is 22.4. The minimum Gasteiger partial charge on any atom is -0.508 e. The van der Waals surface area contributed by atoms with Crippen LogP contribution in [-0.2, 0) is 25.7 Å². The number of ether oxygens (including phenoxy) is 2. The van der Waals surface area contributed by atoms with Crippen LogP contribution in [0.2, 0.25) is 0 Å². The van der Waals surface area contributed by atoms with Gasteiger partial charge in [-0.3, -0.25) is 19.5 Å². The quantitative estimate of drug-likeness (QED) is 0.612. The van der Waals surface area contributed by atoms with Crippen LogP contribution in [0.1, 0.15) is 50.5 Å². The molecule has 0 spiro atoms. The standard InChI is InChI=1S/C27H30N2O5/c30-21-14-23(31)26(25(15-21)34-17-19-7-3-11-28-16-19)29(27(32)20-9-10-20)22-8-4-12-33-24(22)13-18-5-1-2-6-18/h3-4,7-8,11-12,14-16,18,20,24,26,30H,1-2,5-6,9-10,13,17H2. The number of carbonyl (C=O) groups excluding carboxylic acids is 2. The summed E-state index contributed by atoms with van der Waals surface area (Å²) in [5.41, 5.74) is 1.52. The Hall–Kier alpha value is -3.35. The van der Waals surface area contributed by atoms with Crippen LogP contribution in [0.3, 0.4) is 0 Å². The maximum absolute atomic E-state index is 13.6. The monoisotopic (exact) mass is 462 g/mol. The molecular formula is C27H30N2O5. The van der Waals surface area contributed by atoms with Gasteiger partial charge in [0, 0.05) is 36.0 Å². The van der Waals surface area contributed by atoms with E-state index in [9.17, 15) is 14.7 Å². The zero-order chi connectivity index (χ0) is 23.5. The molecule has 0 bridgehead atoms. The molecule has 1 aliphatic heterocycles. The summed E-state index contributed by atoms with van der Waals surface area (Å²) < 4.78 is 12.0. The van der Waals surface area contributed by atoms with Crippen molar-refractivity contribution in [1.29, 1.82) is 0 Å². The van der Waals surface area contributed by atoms with Gasteiger partial charge in [-0.2, -0.15) is 0 Å². The molecule has 178 valence electrons. The Morgan fingerprint density at radius 3 is 2.76 bits per heavy atom. The van der Waals surface area contributed by atoms with Gasteiger partial charge in [0.05, 0.1) is 12.0 Å². The molecule has 1 aromatic rings. The Morgan fingerprint density at radius 1 is 1.21 bits per heavy atom. The van der Waals surface area contributed by atoms with Crippen LogP contribution >= 0.6 is 0 Å². The lowest BCUT2D eigenvalue weighted by Gasteiger charge is -2.38. The third-order valence-electron chi connectivity index (χ3n) is 6.89. The second-order valence-corrected chi connectivity index (χ2v) is 9.48. The van der Waals surface area contributed by atoms with Gasteiger partial charge in [0.2, 0.25) is 5.91 Å². The maximum atomic E-state index is 13.6. The number of ketones is 1. The molecule has 0 aromatic carbocycles. The second-order valence-electron chi connectivity index (χ2n) is 9.48. The predicted octanol–water partition coefficient (Wildman–Crippen LogP) is 4.49. The van der Waals surface area contributed by atoms with Crippen LogP contribution in [0.25, 0.3) is 0 Å². The van der Waals surface area contributed by atoms with E-state index in [1.807, 2.05) is 12.1 Å². The van der Waals surface area contributed by atoms with Crippen molar-refractivity contribution in [2.24, 2.45) is 11.8 Å². The van der Waals surface area contributed by atoms with Crippen LogP contribution < -0.4 is 0 Å². The summed E-state index contributed by atoms with van der Waals surface area (Å²) in [5, 5.41) is 10.2. The fraction of sp³-hybridized carbons (Fsp3) is 0.444. The first-order valence-electron chi connectivity index (χ1n) is 12.1. The minimum absolute atomic E-state index is 0.0920. The molecule has 7 nitrogen and oxygen atoms in total. The number of allylic oxidation sites excluding steroid dienone is 3. The lowest BCUT2D eigenvalue weighted by atomic mass is 9.94. The Morgan fingerprint density at radius 2 is 2.03 bits per heavy atom. The smallest absolute Gasteiger partial charge is 0.231 e. The summed E-state index contributed by atoms with van der Waals surface area (Å²) in [5.74, 6) is 0.0257. The number of aromatic nitrogens is 1. The number of carbonyl (C=O) groups is 2. The topological polar surface area (TPSA) is 89.0 Å². The highest BCUT2D eigenvalue weighted by atomic mass is 16.5. The molecule has 2 unspecified atom stereocenters. The van der Waals surface area contributed by atoms with Crippen molar-refractivity contribution in [1.82, 2.24) is 9.88 Å². The van der Waals surface area contributed by atoms with Crippen molar-refractivity contribution in [3.05, 3.63) is 77.9 Å². The largest absolute Gasteiger partial charge is 0.508 e. The molecule has 2 saturated carbocycles. The predicted molar refractivity (Wildman–Crippen MR) is 125 cm³/mol. The zero-order valence-corrected chi connectivity index (χ0v) is 19.1. The lowest BCUT2D eigenvalue weighted by molar-refractivity contribution is -0.138. The molecule has 2 heterocycles. The lowest BCUT2D eigenvalue weighted by Crippen LogP contribution is -2.50. The molecule has 1 aromatic heterocycles. The highest BCUT2D eigenvalue weighted by molar-refractivity contribution is 6.01. The fourth-order valence-electron chi connectivity index (χ4n) is 5.00. The Kier molecular flexibility index (Phi) is 6.52. The highest BCUT2D eigenvalue weighted by Gasteiger charge is 2.45. The van der Waals surface area contributed by atoms with Gasteiger partial charge in [-0.15, -0.1) is 0 Å². The highest BCUT2D eigenvalue weighted by Crippen LogP contribution is 2.39. The number of pyridine rings is 1. The van der Waals surface area contributed by atoms with Gasteiger partial charge in [-0.25, -0.2) is 0 Å². The summed E-state index contributed by atoms with van der Waals surface area (Å²) in [4.78, 5) is 32.6. The number of hydrogen-bond donors (Lipinski definition) is 1. The molecular weight excluding hydrogens is 432 g/mol. The molecule has 3 aliphatic carbocycles. The summed E-state index contributed by atoms with van der Waals surface area (Å²) >= 11 is 0. The summed E-state index contributed by atoms with van der Waals surface area (Å²) in [6, 6.07) is 2.70. The van der Waals surface area contributed by atoms with Crippen LogP contribution in [0.5, 0.6) is 0 Å². The zero-order valence-electron chi connectivity index (χ0n) is 19.1. The average molecular weight is 463 g/mol. The molecule has 1 N–H and O–H groups in total. The van der Waals surface area contributed by atoms with Gasteiger partial charge in [0.1, 0.15) is 24.2 Å². The molecule has 0 radical (unpaired) electrons. The number of aliphatic hydroxyl groups excluding tert-OH is 1. The molecule has 34 heavy (non-hydrogen) atoms. The maximum Gasteiger partial charge on any atom is 0.231 e. The van der Waals surface area contributed by atoms with Crippen molar-refractivity contribution in [3.63, 3.8) is 0 Å². The first-order valence-corrected chi connectivity index (χ1v) is 12.1. The fourth-order valence-corrected chi connectivity index (χ4v) is 5.00. The van der Waals surface area contributed by atoms with Crippen molar-refractivity contribution in [2.45, 2.75) is 63.7 Å². The Balaban J connectivity index is 1.46. The molecule has 4 aliphatic rings. The van der Waals surface area contributed by atoms with Gasteiger partial charge in [0.15, 0.2) is 11.8 Å². The molecule has 2 fully saturated rings.